The number of thiophene rings is 1. The molecule has 0 amide bonds. The molecule has 114 valence electrons. The Labute approximate surface area is 129 Å². The molecule has 1 N–H and O–H groups in total. The highest BCUT2D eigenvalue weighted by Gasteiger charge is 2.28. The van der Waals surface area contributed by atoms with Gasteiger partial charge in [-0.05, 0) is 52.0 Å². The number of nitrogens with zero attached hydrogens (tertiary/aromatic N) is 2. The highest BCUT2D eigenvalue weighted by atomic mass is 32.1. The molecule has 1 aliphatic rings. The van der Waals surface area contributed by atoms with Crippen molar-refractivity contribution in [3.05, 3.63) is 16.3 Å². The van der Waals surface area contributed by atoms with E-state index in [0.717, 1.165) is 22.9 Å². The van der Waals surface area contributed by atoms with Crippen LogP contribution in [0, 0.1) is 0 Å². The summed E-state index contributed by atoms with van der Waals surface area (Å²) in [5.41, 5.74) is 1.00. The van der Waals surface area contributed by atoms with Crippen LogP contribution in [-0.4, -0.2) is 23.6 Å². The second kappa shape index (κ2) is 5.54. The van der Waals surface area contributed by atoms with Crippen molar-refractivity contribution in [1.29, 1.82) is 0 Å². The molecule has 2 heterocycles. The molecule has 4 nitrogen and oxygen atoms in total. The first-order chi connectivity index (χ1) is 10.1. The number of rotatable bonds is 4. The summed E-state index contributed by atoms with van der Waals surface area (Å²) >= 11 is 1.83. The number of ether oxygens (including phenoxy) is 1. The van der Waals surface area contributed by atoms with Gasteiger partial charge in [-0.2, -0.15) is 0 Å². The summed E-state index contributed by atoms with van der Waals surface area (Å²) in [5.74, 6) is 1.71. The lowest BCUT2D eigenvalue weighted by molar-refractivity contribution is -0.0204. The van der Waals surface area contributed by atoms with Crippen molar-refractivity contribution in [3.8, 4) is 0 Å². The fraction of sp³-hybridized carbons (Fsp3) is 0.625. The van der Waals surface area contributed by atoms with Gasteiger partial charge in [0.15, 0.2) is 5.82 Å². The number of nitrogens with one attached hydrogen (secondary N) is 1. The molecular weight excluding hydrogens is 282 g/mol. The van der Waals surface area contributed by atoms with Crippen LogP contribution in [0.1, 0.15) is 49.9 Å². The minimum Gasteiger partial charge on any atom is -0.372 e. The topological polar surface area (TPSA) is 47.0 Å². The molecule has 0 aromatic carbocycles. The van der Waals surface area contributed by atoms with E-state index in [1.165, 1.54) is 35.1 Å². The normalized spacial score (nSPS) is 15.2. The molecule has 0 fully saturated rings. The van der Waals surface area contributed by atoms with E-state index in [1.807, 2.05) is 39.2 Å². The second-order valence-electron chi connectivity index (χ2n) is 5.98. The summed E-state index contributed by atoms with van der Waals surface area (Å²) in [5, 5.41) is 4.49. The third kappa shape index (κ3) is 2.53. The number of hydrogen-bond acceptors (Lipinski definition) is 5. The van der Waals surface area contributed by atoms with E-state index < -0.39 is 5.60 Å². The van der Waals surface area contributed by atoms with Gasteiger partial charge in [-0.25, -0.2) is 9.97 Å². The summed E-state index contributed by atoms with van der Waals surface area (Å²) in [6, 6.07) is 0. The Bertz CT molecular complexity index is 663. The highest BCUT2D eigenvalue weighted by molar-refractivity contribution is 7.19. The lowest BCUT2D eigenvalue weighted by Gasteiger charge is -2.23. The summed E-state index contributed by atoms with van der Waals surface area (Å²) in [4.78, 5) is 12.2. The maximum absolute atomic E-state index is 5.82. The van der Waals surface area contributed by atoms with Crippen molar-refractivity contribution >= 4 is 27.4 Å². The van der Waals surface area contributed by atoms with E-state index >= 15 is 0 Å². The van der Waals surface area contributed by atoms with Crippen molar-refractivity contribution in [1.82, 2.24) is 9.97 Å². The SMILES string of the molecule is CCOC(C)(C)c1nc(NC)c2c3c(sc2n1)CCCC3. The number of hydrogen-bond donors (Lipinski definition) is 1. The molecule has 5 heteroatoms. The molecule has 0 bridgehead atoms. The van der Waals surface area contributed by atoms with Gasteiger partial charge in [0.2, 0.25) is 0 Å². The van der Waals surface area contributed by atoms with Crippen LogP contribution in [-0.2, 0) is 23.2 Å². The molecule has 0 radical (unpaired) electrons. The summed E-state index contributed by atoms with van der Waals surface area (Å²) in [7, 11) is 1.94. The molecule has 0 saturated heterocycles. The van der Waals surface area contributed by atoms with Crippen molar-refractivity contribution in [2.75, 3.05) is 19.0 Å². The summed E-state index contributed by atoms with van der Waals surface area (Å²) in [6.45, 7) is 6.72. The average molecular weight is 305 g/mol. The van der Waals surface area contributed by atoms with Crippen molar-refractivity contribution in [3.63, 3.8) is 0 Å². The van der Waals surface area contributed by atoms with E-state index in [0.29, 0.717) is 6.61 Å². The quantitative estimate of drug-likeness (QED) is 0.931. The smallest absolute Gasteiger partial charge is 0.163 e. The van der Waals surface area contributed by atoms with Gasteiger partial charge in [-0.1, -0.05) is 0 Å². The molecule has 0 unspecified atom stereocenters. The molecule has 0 spiro atoms. The maximum Gasteiger partial charge on any atom is 0.163 e. The third-order valence-electron chi connectivity index (χ3n) is 4.10. The fourth-order valence-corrected chi connectivity index (χ4v) is 4.29. The van der Waals surface area contributed by atoms with Crippen LogP contribution < -0.4 is 5.32 Å². The lowest BCUT2D eigenvalue weighted by Crippen LogP contribution is -2.25. The summed E-state index contributed by atoms with van der Waals surface area (Å²) < 4.78 is 5.82. The monoisotopic (exact) mass is 305 g/mol. The van der Waals surface area contributed by atoms with Crippen LogP contribution in [0.2, 0.25) is 0 Å². The molecular formula is C16H23N3OS. The van der Waals surface area contributed by atoms with Crippen molar-refractivity contribution in [2.45, 2.75) is 52.1 Å². The zero-order chi connectivity index (χ0) is 15.0. The third-order valence-corrected chi connectivity index (χ3v) is 5.28. The van der Waals surface area contributed by atoms with Gasteiger partial charge in [-0.15, -0.1) is 11.3 Å². The Kier molecular flexibility index (Phi) is 3.88. The van der Waals surface area contributed by atoms with E-state index in [-0.39, 0.29) is 0 Å². The Hall–Kier alpha value is -1.20. The Morgan fingerprint density at radius 3 is 2.71 bits per heavy atom. The zero-order valence-electron chi connectivity index (χ0n) is 13.2. The molecule has 3 rings (SSSR count). The average Bonchev–Trinajstić information content (AvgIpc) is 2.84. The number of fused-ring (bicyclic) bond motifs is 3. The Balaban J connectivity index is 2.18. The molecule has 2 aromatic rings. The van der Waals surface area contributed by atoms with E-state index in [1.54, 1.807) is 0 Å². The first-order valence-corrected chi connectivity index (χ1v) is 8.53. The molecule has 0 aliphatic heterocycles. The number of aryl methyl sites for hydroxylation is 2. The number of aromatic nitrogens is 2. The molecule has 1 aliphatic carbocycles. The standard InChI is InChI=1S/C16H23N3OS/c1-5-20-16(2,3)15-18-13(17-4)12-10-8-6-7-9-11(10)21-14(12)19-15/h5-9H2,1-4H3,(H,17,18,19). The predicted octanol–water partition coefficient (Wildman–Crippen LogP) is 3.88. The summed E-state index contributed by atoms with van der Waals surface area (Å²) in [6.07, 6.45) is 4.90. The molecule has 2 aromatic heterocycles. The molecule has 0 atom stereocenters. The van der Waals surface area contributed by atoms with Gasteiger partial charge in [0, 0.05) is 18.5 Å². The van der Waals surface area contributed by atoms with Crippen LogP contribution in [0.15, 0.2) is 0 Å². The van der Waals surface area contributed by atoms with Gasteiger partial charge >= 0.3 is 0 Å². The van der Waals surface area contributed by atoms with Crippen molar-refractivity contribution < 1.29 is 4.74 Å². The first kappa shape index (κ1) is 14.7. The van der Waals surface area contributed by atoms with Gasteiger partial charge in [0.05, 0.1) is 5.39 Å². The zero-order valence-corrected chi connectivity index (χ0v) is 14.1. The highest BCUT2D eigenvalue weighted by Crippen LogP contribution is 2.39. The van der Waals surface area contributed by atoms with Gasteiger partial charge in [0.25, 0.3) is 0 Å². The lowest BCUT2D eigenvalue weighted by atomic mass is 9.97. The fourth-order valence-electron chi connectivity index (χ4n) is 3.03. The van der Waals surface area contributed by atoms with E-state index in [2.05, 4.69) is 5.32 Å². The Morgan fingerprint density at radius 1 is 1.24 bits per heavy atom. The molecule has 21 heavy (non-hydrogen) atoms. The van der Waals surface area contributed by atoms with E-state index in [4.69, 9.17) is 14.7 Å². The first-order valence-electron chi connectivity index (χ1n) is 7.71. The van der Waals surface area contributed by atoms with E-state index in [9.17, 15) is 0 Å². The second-order valence-corrected chi connectivity index (χ2v) is 7.06. The predicted molar refractivity (Wildman–Crippen MR) is 88.3 cm³/mol. The van der Waals surface area contributed by atoms with Gasteiger partial charge in [-0.3, -0.25) is 0 Å². The van der Waals surface area contributed by atoms with Crippen LogP contribution in [0.5, 0.6) is 0 Å². The number of anilines is 1. The maximum atomic E-state index is 5.82. The van der Waals surface area contributed by atoms with Crippen molar-refractivity contribution in [2.24, 2.45) is 0 Å². The van der Waals surface area contributed by atoms with Crippen LogP contribution >= 0.6 is 11.3 Å². The van der Waals surface area contributed by atoms with Gasteiger partial charge in [0.1, 0.15) is 16.2 Å². The minimum absolute atomic E-state index is 0.459. The van der Waals surface area contributed by atoms with Crippen LogP contribution in [0.3, 0.4) is 0 Å². The largest absolute Gasteiger partial charge is 0.372 e. The van der Waals surface area contributed by atoms with Crippen LogP contribution in [0.4, 0.5) is 5.82 Å². The Morgan fingerprint density at radius 2 is 2.00 bits per heavy atom. The van der Waals surface area contributed by atoms with Crippen LogP contribution in [0.25, 0.3) is 10.2 Å². The van der Waals surface area contributed by atoms with Gasteiger partial charge < -0.3 is 10.1 Å². The minimum atomic E-state index is -0.459. The molecule has 0 saturated carbocycles.